The SMILES string of the molecule is [B]N1CCCC1Cn1nnnc1Oc1ccccc1. The molecule has 2 heterocycles. The average Bonchev–Trinajstić information content (AvgIpc) is 3.02. The Morgan fingerprint density at radius 3 is 2.89 bits per heavy atom. The molecule has 0 saturated carbocycles. The van der Waals surface area contributed by atoms with Crippen LogP contribution in [0.1, 0.15) is 12.8 Å². The normalized spacial score (nSPS) is 19.7. The van der Waals surface area contributed by atoms with Gasteiger partial charge >= 0.3 is 6.01 Å². The van der Waals surface area contributed by atoms with Crippen molar-refractivity contribution in [3.05, 3.63) is 30.3 Å². The summed E-state index contributed by atoms with van der Waals surface area (Å²) in [7, 11) is 5.91. The summed E-state index contributed by atoms with van der Waals surface area (Å²) in [6.45, 7) is 1.56. The van der Waals surface area contributed by atoms with Gasteiger partial charge in [0.15, 0.2) is 7.98 Å². The summed E-state index contributed by atoms with van der Waals surface area (Å²) in [4.78, 5) is 1.84. The van der Waals surface area contributed by atoms with Crippen molar-refractivity contribution in [1.82, 2.24) is 25.0 Å². The first-order chi connectivity index (χ1) is 9.33. The van der Waals surface area contributed by atoms with Crippen LogP contribution in [0.15, 0.2) is 30.3 Å². The van der Waals surface area contributed by atoms with E-state index in [0.29, 0.717) is 12.6 Å². The molecule has 19 heavy (non-hydrogen) atoms. The molecule has 0 N–H and O–H groups in total. The number of para-hydroxylation sites is 1. The number of tetrazole rings is 1. The van der Waals surface area contributed by atoms with E-state index in [-0.39, 0.29) is 6.04 Å². The zero-order valence-electron chi connectivity index (χ0n) is 10.5. The van der Waals surface area contributed by atoms with Crippen LogP contribution in [0, 0.1) is 0 Å². The Kier molecular flexibility index (Phi) is 3.46. The van der Waals surface area contributed by atoms with Crippen molar-refractivity contribution in [2.45, 2.75) is 25.4 Å². The van der Waals surface area contributed by atoms with Gasteiger partial charge in [-0.25, -0.2) is 0 Å². The van der Waals surface area contributed by atoms with Crippen LogP contribution >= 0.6 is 0 Å². The highest BCUT2D eigenvalue weighted by Gasteiger charge is 2.22. The third-order valence-electron chi connectivity index (χ3n) is 3.26. The second-order valence-corrected chi connectivity index (χ2v) is 4.59. The van der Waals surface area contributed by atoms with Crippen molar-refractivity contribution >= 4 is 7.98 Å². The van der Waals surface area contributed by atoms with E-state index < -0.39 is 0 Å². The lowest BCUT2D eigenvalue weighted by Crippen LogP contribution is -2.31. The Morgan fingerprint density at radius 1 is 1.32 bits per heavy atom. The molecule has 1 saturated heterocycles. The predicted octanol–water partition coefficient (Wildman–Crippen LogP) is 1.01. The van der Waals surface area contributed by atoms with Crippen LogP contribution < -0.4 is 4.74 Å². The predicted molar refractivity (Wildman–Crippen MR) is 69.8 cm³/mol. The molecule has 1 aromatic carbocycles. The summed E-state index contributed by atoms with van der Waals surface area (Å²) >= 11 is 0. The van der Waals surface area contributed by atoms with Crippen LogP contribution in [0.5, 0.6) is 11.8 Å². The fourth-order valence-electron chi connectivity index (χ4n) is 2.23. The maximum Gasteiger partial charge on any atom is 0.340 e. The highest BCUT2D eigenvalue weighted by atomic mass is 16.5. The Morgan fingerprint density at radius 2 is 2.16 bits per heavy atom. The summed E-state index contributed by atoms with van der Waals surface area (Å²) < 4.78 is 7.32. The molecular weight excluding hydrogens is 241 g/mol. The largest absolute Gasteiger partial charge is 0.423 e. The molecule has 6 nitrogen and oxygen atoms in total. The molecule has 96 valence electrons. The first-order valence-electron chi connectivity index (χ1n) is 6.33. The summed E-state index contributed by atoms with van der Waals surface area (Å²) in [5, 5.41) is 11.5. The molecule has 0 bridgehead atoms. The highest BCUT2D eigenvalue weighted by molar-refractivity contribution is 6.04. The van der Waals surface area contributed by atoms with Crippen molar-refractivity contribution < 1.29 is 4.74 Å². The fraction of sp³-hybridized carbons (Fsp3) is 0.417. The minimum Gasteiger partial charge on any atom is -0.423 e. The topological polar surface area (TPSA) is 56.1 Å². The Balaban J connectivity index is 1.71. The number of rotatable bonds is 4. The zero-order chi connectivity index (χ0) is 13.1. The quantitative estimate of drug-likeness (QED) is 0.763. The Labute approximate surface area is 112 Å². The van der Waals surface area contributed by atoms with E-state index >= 15 is 0 Å². The van der Waals surface area contributed by atoms with E-state index in [1.165, 1.54) is 0 Å². The van der Waals surface area contributed by atoms with Crippen molar-refractivity contribution in [2.75, 3.05) is 6.54 Å². The van der Waals surface area contributed by atoms with E-state index in [2.05, 4.69) is 15.5 Å². The van der Waals surface area contributed by atoms with Gasteiger partial charge in [0.05, 0.1) is 6.54 Å². The smallest absolute Gasteiger partial charge is 0.340 e. The molecule has 1 unspecified atom stereocenters. The molecule has 1 aliphatic heterocycles. The van der Waals surface area contributed by atoms with Crippen molar-refractivity contribution in [2.24, 2.45) is 0 Å². The molecule has 2 radical (unpaired) electrons. The molecule has 1 aliphatic rings. The van der Waals surface area contributed by atoms with Gasteiger partial charge in [-0.2, -0.15) is 4.68 Å². The summed E-state index contributed by atoms with van der Waals surface area (Å²) in [6.07, 6.45) is 2.17. The standard InChI is InChI=1S/C12H14BN5O/c13-17-8-4-5-10(17)9-18-12(14-15-16-18)19-11-6-2-1-3-7-11/h1-3,6-7,10H,4-5,8-9H2. The second-order valence-electron chi connectivity index (χ2n) is 4.59. The summed E-state index contributed by atoms with van der Waals surface area (Å²) in [5.74, 6) is 0.717. The van der Waals surface area contributed by atoms with Crippen molar-refractivity contribution in [3.8, 4) is 11.8 Å². The number of aromatic nitrogens is 4. The third-order valence-corrected chi connectivity index (χ3v) is 3.26. The summed E-state index contributed by atoms with van der Waals surface area (Å²) in [5.41, 5.74) is 0. The van der Waals surface area contributed by atoms with Gasteiger partial charge in [-0.1, -0.05) is 23.3 Å². The third kappa shape index (κ3) is 2.76. The maximum absolute atomic E-state index is 5.91. The van der Waals surface area contributed by atoms with Crippen molar-refractivity contribution in [1.29, 1.82) is 0 Å². The zero-order valence-corrected chi connectivity index (χ0v) is 10.5. The van der Waals surface area contributed by atoms with Gasteiger partial charge in [-0.3, -0.25) is 0 Å². The first-order valence-corrected chi connectivity index (χ1v) is 6.33. The van der Waals surface area contributed by atoms with Gasteiger partial charge in [-0.15, -0.1) is 0 Å². The van der Waals surface area contributed by atoms with E-state index in [9.17, 15) is 0 Å². The number of nitrogens with zero attached hydrogens (tertiary/aromatic N) is 5. The minimum atomic E-state index is 0.265. The van der Waals surface area contributed by atoms with Crippen LogP contribution in [0.25, 0.3) is 0 Å². The lowest BCUT2D eigenvalue weighted by atomic mass is 10.2. The van der Waals surface area contributed by atoms with Gasteiger partial charge in [0.1, 0.15) is 5.75 Å². The Hall–Kier alpha value is -1.89. The lowest BCUT2D eigenvalue weighted by Gasteiger charge is -2.19. The average molecular weight is 255 g/mol. The second kappa shape index (κ2) is 5.40. The van der Waals surface area contributed by atoms with Gasteiger partial charge in [0.25, 0.3) is 0 Å². The van der Waals surface area contributed by atoms with E-state index in [0.717, 1.165) is 25.1 Å². The molecule has 0 amide bonds. The highest BCUT2D eigenvalue weighted by Crippen LogP contribution is 2.20. The monoisotopic (exact) mass is 255 g/mol. The van der Waals surface area contributed by atoms with Crippen LogP contribution in [0.2, 0.25) is 0 Å². The minimum absolute atomic E-state index is 0.265. The number of hydrogen-bond donors (Lipinski definition) is 0. The van der Waals surface area contributed by atoms with Crippen LogP contribution in [-0.4, -0.2) is 45.6 Å². The van der Waals surface area contributed by atoms with Crippen LogP contribution in [-0.2, 0) is 6.54 Å². The van der Waals surface area contributed by atoms with Crippen LogP contribution in [0.4, 0.5) is 0 Å². The van der Waals surface area contributed by atoms with Gasteiger partial charge in [0.2, 0.25) is 0 Å². The molecule has 0 aliphatic carbocycles. The molecule has 1 atom stereocenters. The van der Waals surface area contributed by atoms with E-state index in [1.54, 1.807) is 4.68 Å². The number of ether oxygens (including phenoxy) is 1. The molecule has 2 aromatic rings. The number of benzene rings is 1. The van der Waals surface area contributed by atoms with Gasteiger partial charge in [0, 0.05) is 6.04 Å². The van der Waals surface area contributed by atoms with Crippen molar-refractivity contribution in [3.63, 3.8) is 0 Å². The molecule has 1 aromatic heterocycles. The van der Waals surface area contributed by atoms with Gasteiger partial charge in [-0.05, 0) is 41.9 Å². The maximum atomic E-state index is 5.91. The molecule has 1 fully saturated rings. The molecule has 0 spiro atoms. The van der Waals surface area contributed by atoms with E-state index in [4.69, 9.17) is 12.7 Å². The van der Waals surface area contributed by atoms with Gasteiger partial charge < -0.3 is 9.55 Å². The Bertz CT molecular complexity index is 532. The van der Waals surface area contributed by atoms with E-state index in [1.807, 2.05) is 35.1 Å². The summed E-state index contributed by atoms with van der Waals surface area (Å²) in [6, 6.07) is 10.1. The molecular formula is C12H14BN5O. The first kappa shape index (κ1) is 12.2. The number of hydrogen-bond acceptors (Lipinski definition) is 5. The fourth-order valence-corrected chi connectivity index (χ4v) is 2.23. The van der Waals surface area contributed by atoms with Crippen LogP contribution in [0.3, 0.4) is 0 Å². The lowest BCUT2D eigenvalue weighted by molar-refractivity contribution is 0.324. The molecule has 3 rings (SSSR count). The molecule has 7 heteroatoms.